The number of carboxylic acids is 1. The van der Waals surface area contributed by atoms with E-state index in [1.165, 1.54) is 4.90 Å². The number of fused-ring (bicyclic) bond motifs is 4. The minimum absolute atomic E-state index is 0.0347. The van der Waals surface area contributed by atoms with Crippen molar-refractivity contribution in [3.8, 4) is 0 Å². The highest BCUT2D eigenvalue weighted by atomic mass is 16.4. The maximum atomic E-state index is 13.2. The minimum atomic E-state index is -0.965. The van der Waals surface area contributed by atoms with Crippen molar-refractivity contribution >= 4 is 28.8 Å². The summed E-state index contributed by atoms with van der Waals surface area (Å²) in [5.41, 5.74) is 4.24. The standard InChI is InChI=1S/C25H24N4O4/c1-15-6-7-16(11-26-15)12-27-19-5-3-2-4-17(19)18-10-20-22(30)29(14-25(8-9-25)23(31)32)24(33)28(20)13-21(18)27/h2-7,11,20H,8-10,12-14H2,1H3,(H,31,32)/t20-/m0/s1. The lowest BCUT2D eigenvalue weighted by molar-refractivity contribution is -0.144. The molecule has 4 heterocycles. The van der Waals surface area contributed by atoms with Crippen LogP contribution in [0.15, 0.2) is 42.6 Å². The molecule has 2 aliphatic heterocycles. The second kappa shape index (κ2) is 6.91. The number of carboxylic acid groups (broad SMARTS) is 1. The second-order valence-electron chi connectivity index (χ2n) is 9.48. The largest absolute Gasteiger partial charge is 0.481 e. The zero-order chi connectivity index (χ0) is 22.9. The fourth-order valence-corrected chi connectivity index (χ4v) is 5.26. The quantitative estimate of drug-likeness (QED) is 0.611. The van der Waals surface area contributed by atoms with Gasteiger partial charge >= 0.3 is 12.0 Å². The number of pyridine rings is 1. The summed E-state index contributed by atoms with van der Waals surface area (Å²) in [7, 11) is 0. The Morgan fingerprint density at radius 3 is 2.67 bits per heavy atom. The van der Waals surface area contributed by atoms with E-state index in [-0.39, 0.29) is 18.5 Å². The SMILES string of the molecule is Cc1ccc(Cn2c3c(c4ccccc42)C[C@H]2C(=O)N(CC4(C(=O)O)CC4)C(=O)N2C3)cn1. The Labute approximate surface area is 190 Å². The number of carbonyl (C=O) groups excluding carboxylic acids is 2. The molecule has 168 valence electrons. The fraction of sp³-hybridized carbons (Fsp3) is 0.360. The van der Waals surface area contributed by atoms with Crippen LogP contribution in [0.25, 0.3) is 10.9 Å². The Morgan fingerprint density at radius 2 is 1.97 bits per heavy atom. The molecule has 2 aromatic heterocycles. The molecule has 1 N–H and O–H groups in total. The number of amides is 3. The molecular formula is C25H24N4O4. The minimum Gasteiger partial charge on any atom is -0.481 e. The van der Waals surface area contributed by atoms with Crippen molar-refractivity contribution in [1.82, 2.24) is 19.4 Å². The Kier molecular flexibility index (Phi) is 4.18. The number of imide groups is 1. The molecule has 0 spiro atoms. The van der Waals surface area contributed by atoms with Crippen LogP contribution in [-0.2, 0) is 29.1 Å². The molecule has 2 fully saturated rings. The van der Waals surface area contributed by atoms with Crippen molar-refractivity contribution in [2.24, 2.45) is 5.41 Å². The average Bonchev–Trinajstić information content (AvgIpc) is 3.51. The Hall–Kier alpha value is -3.68. The number of aromatic nitrogens is 2. The van der Waals surface area contributed by atoms with Gasteiger partial charge in [-0.2, -0.15) is 0 Å². The monoisotopic (exact) mass is 444 g/mol. The smallest absolute Gasteiger partial charge is 0.327 e. The molecule has 8 heteroatoms. The molecule has 3 amide bonds. The van der Waals surface area contributed by atoms with Gasteiger partial charge in [0.1, 0.15) is 6.04 Å². The van der Waals surface area contributed by atoms with Gasteiger partial charge < -0.3 is 14.6 Å². The highest BCUT2D eigenvalue weighted by Crippen LogP contribution is 2.48. The van der Waals surface area contributed by atoms with E-state index < -0.39 is 17.4 Å². The van der Waals surface area contributed by atoms with Crippen LogP contribution in [0.3, 0.4) is 0 Å². The van der Waals surface area contributed by atoms with E-state index in [1.54, 1.807) is 4.90 Å². The van der Waals surface area contributed by atoms with E-state index >= 15 is 0 Å². The van der Waals surface area contributed by atoms with Crippen LogP contribution in [0.4, 0.5) is 4.79 Å². The van der Waals surface area contributed by atoms with Crippen LogP contribution in [0.2, 0.25) is 0 Å². The molecule has 1 atom stereocenters. The van der Waals surface area contributed by atoms with E-state index in [4.69, 9.17) is 0 Å². The molecular weight excluding hydrogens is 420 g/mol. The van der Waals surface area contributed by atoms with E-state index in [0.717, 1.165) is 33.4 Å². The molecule has 3 aliphatic rings. The Balaban J connectivity index is 1.37. The highest BCUT2D eigenvalue weighted by molar-refractivity contribution is 6.05. The first-order chi connectivity index (χ1) is 15.9. The summed E-state index contributed by atoms with van der Waals surface area (Å²) in [5, 5.41) is 10.6. The summed E-state index contributed by atoms with van der Waals surface area (Å²) in [6.07, 6.45) is 3.32. The van der Waals surface area contributed by atoms with E-state index in [0.29, 0.717) is 32.4 Å². The Bertz CT molecular complexity index is 1320. The predicted molar refractivity (Wildman–Crippen MR) is 119 cm³/mol. The van der Waals surface area contributed by atoms with Crippen molar-refractivity contribution in [1.29, 1.82) is 0 Å². The van der Waals surface area contributed by atoms with E-state index in [2.05, 4.69) is 27.8 Å². The summed E-state index contributed by atoms with van der Waals surface area (Å²) in [6.45, 7) is 2.87. The summed E-state index contributed by atoms with van der Waals surface area (Å²) in [5.74, 6) is -1.21. The molecule has 0 unspecified atom stereocenters. The summed E-state index contributed by atoms with van der Waals surface area (Å²) in [6, 6.07) is 11.2. The highest BCUT2D eigenvalue weighted by Gasteiger charge is 2.57. The van der Waals surface area contributed by atoms with Crippen LogP contribution in [0.5, 0.6) is 0 Å². The number of aryl methyl sites for hydroxylation is 1. The van der Waals surface area contributed by atoms with Crippen molar-refractivity contribution in [3.05, 3.63) is 65.1 Å². The van der Waals surface area contributed by atoms with E-state index in [9.17, 15) is 19.5 Å². The van der Waals surface area contributed by atoms with Crippen molar-refractivity contribution in [2.45, 2.75) is 45.3 Å². The first-order valence-electron chi connectivity index (χ1n) is 11.2. The second-order valence-corrected chi connectivity index (χ2v) is 9.48. The van der Waals surface area contributed by atoms with Gasteiger partial charge in [0.15, 0.2) is 0 Å². The molecule has 8 nitrogen and oxygen atoms in total. The molecule has 1 aromatic carbocycles. The summed E-state index contributed by atoms with van der Waals surface area (Å²) < 4.78 is 2.22. The number of aliphatic carboxylic acids is 1. The predicted octanol–water partition coefficient (Wildman–Crippen LogP) is 2.95. The lowest BCUT2D eigenvalue weighted by Crippen LogP contribution is -2.40. The summed E-state index contributed by atoms with van der Waals surface area (Å²) in [4.78, 5) is 45.3. The van der Waals surface area contributed by atoms with Crippen molar-refractivity contribution < 1.29 is 19.5 Å². The van der Waals surface area contributed by atoms with Gasteiger partial charge in [0.25, 0.3) is 5.91 Å². The van der Waals surface area contributed by atoms with Gasteiger partial charge in [-0.15, -0.1) is 0 Å². The number of urea groups is 1. The topological polar surface area (TPSA) is 95.7 Å². The zero-order valence-electron chi connectivity index (χ0n) is 18.3. The van der Waals surface area contributed by atoms with Gasteiger partial charge in [-0.3, -0.25) is 19.5 Å². The van der Waals surface area contributed by atoms with Crippen LogP contribution in [0, 0.1) is 12.3 Å². The number of para-hydroxylation sites is 1. The molecule has 0 radical (unpaired) electrons. The average molecular weight is 444 g/mol. The lowest BCUT2D eigenvalue weighted by Gasteiger charge is -2.28. The summed E-state index contributed by atoms with van der Waals surface area (Å²) >= 11 is 0. The number of benzene rings is 1. The third-order valence-corrected chi connectivity index (χ3v) is 7.40. The number of hydrogen-bond donors (Lipinski definition) is 1. The maximum Gasteiger partial charge on any atom is 0.327 e. The molecule has 3 aromatic rings. The van der Waals surface area contributed by atoms with Crippen molar-refractivity contribution in [2.75, 3.05) is 6.54 Å². The number of rotatable bonds is 5. The molecule has 1 saturated carbocycles. The number of hydrogen-bond acceptors (Lipinski definition) is 4. The van der Waals surface area contributed by atoms with Crippen LogP contribution >= 0.6 is 0 Å². The normalized spacial score (nSPS) is 20.8. The Morgan fingerprint density at radius 1 is 1.18 bits per heavy atom. The first kappa shape index (κ1) is 20.0. The maximum absolute atomic E-state index is 13.2. The van der Waals surface area contributed by atoms with Gasteiger partial charge in [0, 0.05) is 48.0 Å². The van der Waals surface area contributed by atoms with Crippen molar-refractivity contribution in [3.63, 3.8) is 0 Å². The molecule has 1 saturated heterocycles. The molecule has 0 bridgehead atoms. The third-order valence-electron chi connectivity index (χ3n) is 7.40. The van der Waals surface area contributed by atoms with Gasteiger partial charge in [-0.1, -0.05) is 24.3 Å². The van der Waals surface area contributed by atoms with Gasteiger partial charge in [-0.05, 0) is 43.0 Å². The van der Waals surface area contributed by atoms with Crippen LogP contribution in [-0.4, -0.2) is 55.0 Å². The van der Waals surface area contributed by atoms with Crippen LogP contribution < -0.4 is 0 Å². The van der Waals surface area contributed by atoms with Gasteiger partial charge in [0.2, 0.25) is 0 Å². The van der Waals surface area contributed by atoms with E-state index in [1.807, 2.05) is 31.3 Å². The van der Waals surface area contributed by atoms with Gasteiger partial charge in [-0.25, -0.2) is 4.79 Å². The molecule has 33 heavy (non-hydrogen) atoms. The van der Waals surface area contributed by atoms with Crippen LogP contribution in [0.1, 0.15) is 35.4 Å². The van der Waals surface area contributed by atoms with Gasteiger partial charge in [0.05, 0.1) is 12.0 Å². The third kappa shape index (κ3) is 2.97. The number of nitrogens with zero attached hydrogens (tertiary/aromatic N) is 4. The first-order valence-corrected chi connectivity index (χ1v) is 11.2. The number of carbonyl (C=O) groups is 3. The lowest BCUT2D eigenvalue weighted by atomic mass is 9.97. The fourth-order valence-electron chi connectivity index (χ4n) is 5.26. The zero-order valence-corrected chi connectivity index (χ0v) is 18.3. The molecule has 6 rings (SSSR count). The molecule has 1 aliphatic carbocycles.